The normalized spacial score (nSPS) is 17.6. The van der Waals surface area contributed by atoms with Crippen LogP contribution in [0.5, 0.6) is 0 Å². The lowest BCUT2D eigenvalue weighted by atomic mass is 9.87. The van der Waals surface area contributed by atoms with Crippen molar-refractivity contribution in [3.05, 3.63) is 78.6 Å². The van der Waals surface area contributed by atoms with E-state index in [1.165, 1.54) is 18.0 Å². The predicted octanol–water partition coefficient (Wildman–Crippen LogP) is 3.87. The van der Waals surface area contributed by atoms with Crippen molar-refractivity contribution in [3.63, 3.8) is 0 Å². The van der Waals surface area contributed by atoms with Gasteiger partial charge in [0.05, 0.1) is 17.5 Å². The van der Waals surface area contributed by atoms with Crippen LogP contribution in [0.15, 0.2) is 82.4 Å². The number of fused-ring (bicyclic) bond motifs is 1. The number of imide groups is 1. The molecule has 35 heavy (non-hydrogen) atoms. The fourth-order valence-electron chi connectivity index (χ4n) is 4.00. The molecular formula is C25H21N5O4S. The molecule has 2 aromatic carbocycles. The second-order valence-electron chi connectivity index (χ2n) is 7.87. The Kier molecular flexibility index (Phi) is 5.96. The van der Waals surface area contributed by atoms with Gasteiger partial charge in [-0.3, -0.25) is 15.0 Å². The van der Waals surface area contributed by atoms with Gasteiger partial charge in [0.15, 0.2) is 11.6 Å². The summed E-state index contributed by atoms with van der Waals surface area (Å²) in [6.07, 6.45) is 1.88. The van der Waals surface area contributed by atoms with E-state index in [-0.39, 0.29) is 5.75 Å². The van der Waals surface area contributed by atoms with Crippen LogP contribution in [0, 0.1) is 0 Å². The number of rotatable bonds is 7. The van der Waals surface area contributed by atoms with E-state index in [2.05, 4.69) is 20.7 Å². The van der Waals surface area contributed by atoms with Crippen molar-refractivity contribution in [2.75, 3.05) is 5.75 Å². The summed E-state index contributed by atoms with van der Waals surface area (Å²) in [7, 11) is 0. The fourth-order valence-corrected chi connectivity index (χ4v) is 4.81. The molecule has 5 rings (SSSR count). The molecule has 1 saturated heterocycles. The lowest BCUT2D eigenvalue weighted by molar-refractivity contribution is -0.138. The maximum Gasteiger partial charge on any atom is 0.344 e. The van der Waals surface area contributed by atoms with Crippen molar-refractivity contribution >= 4 is 40.5 Å². The molecule has 1 aliphatic rings. The Balaban J connectivity index is 1.34. The summed E-state index contributed by atoms with van der Waals surface area (Å²) >= 11 is 1.18. The number of hydrogen-bond acceptors (Lipinski definition) is 7. The zero-order valence-electron chi connectivity index (χ0n) is 18.7. The van der Waals surface area contributed by atoms with Crippen molar-refractivity contribution in [2.24, 2.45) is 0 Å². The molecular weight excluding hydrogens is 466 g/mol. The van der Waals surface area contributed by atoms with Gasteiger partial charge in [-0.25, -0.2) is 14.8 Å². The van der Waals surface area contributed by atoms with E-state index in [1.807, 2.05) is 37.3 Å². The van der Waals surface area contributed by atoms with Gasteiger partial charge < -0.3 is 9.73 Å². The van der Waals surface area contributed by atoms with Gasteiger partial charge >= 0.3 is 6.03 Å². The predicted molar refractivity (Wildman–Crippen MR) is 130 cm³/mol. The Morgan fingerprint density at radius 1 is 1.06 bits per heavy atom. The number of amides is 4. The number of carbonyl (C=O) groups excluding carboxylic acids is 3. The number of hydrogen-bond donors (Lipinski definition) is 2. The van der Waals surface area contributed by atoms with Gasteiger partial charge in [-0.15, -0.1) is 0 Å². The maximum atomic E-state index is 13.2. The number of thioether (sulfide) groups is 1. The average molecular weight is 488 g/mol. The van der Waals surface area contributed by atoms with Crippen LogP contribution in [-0.4, -0.2) is 38.6 Å². The topological polar surface area (TPSA) is 117 Å². The van der Waals surface area contributed by atoms with Crippen LogP contribution in [-0.2, 0) is 15.1 Å². The summed E-state index contributed by atoms with van der Waals surface area (Å²) in [6.45, 7) is 1.81. The first-order valence-corrected chi connectivity index (χ1v) is 12.0. The molecule has 1 fully saturated rings. The van der Waals surface area contributed by atoms with Gasteiger partial charge in [0.25, 0.3) is 5.91 Å². The van der Waals surface area contributed by atoms with Crippen molar-refractivity contribution in [1.82, 2.24) is 25.7 Å². The van der Waals surface area contributed by atoms with Gasteiger partial charge in [0, 0.05) is 5.39 Å². The number of nitrogens with one attached hydrogen (secondary N) is 2. The Morgan fingerprint density at radius 3 is 2.57 bits per heavy atom. The second kappa shape index (κ2) is 9.22. The summed E-state index contributed by atoms with van der Waals surface area (Å²) in [5.74, 6) is -0.192. The standard InChI is InChI=1S/C25H21N5O4S/c1-2-25(16-9-4-3-5-10-16)23(32)30(24(33)28-25)29-20(31)15-35-22-17-11-6-7-12-18(17)26-21(27-22)19-13-8-14-34-19/h3-14H,2,15H2,1H3,(H,28,33)(H,29,31). The number of aromatic nitrogens is 2. The van der Waals surface area contributed by atoms with Crippen molar-refractivity contribution < 1.29 is 18.8 Å². The summed E-state index contributed by atoms with van der Waals surface area (Å²) in [5.41, 5.74) is 2.59. The van der Waals surface area contributed by atoms with Crippen LogP contribution >= 0.6 is 11.8 Å². The molecule has 9 nitrogen and oxygen atoms in total. The Bertz CT molecular complexity index is 1410. The average Bonchev–Trinajstić information content (AvgIpc) is 3.51. The molecule has 0 bridgehead atoms. The highest BCUT2D eigenvalue weighted by molar-refractivity contribution is 8.00. The fraction of sp³-hybridized carbons (Fsp3) is 0.160. The monoisotopic (exact) mass is 487 g/mol. The molecule has 176 valence electrons. The summed E-state index contributed by atoms with van der Waals surface area (Å²) < 4.78 is 5.43. The summed E-state index contributed by atoms with van der Waals surface area (Å²) in [4.78, 5) is 47.7. The van der Waals surface area contributed by atoms with Crippen LogP contribution in [0.3, 0.4) is 0 Å². The Hall–Kier alpha value is -4.18. The van der Waals surface area contributed by atoms with Crippen LogP contribution in [0.4, 0.5) is 4.79 Å². The lowest BCUT2D eigenvalue weighted by Gasteiger charge is -2.25. The van der Waals surface area contributed by atoms with Gasteiger partial charge in [-0.05, 0) is 30.2 Å². The number of carbonyl (C=O) groups is 3. The molecule has 3 heterocycles. The molecule has 1 unspecified atom stereocenters. The first-order valence-electron chi connectivity index (χ1n) is 11.0. The molecule has 0 spiro atoms. The third-order valence-corrected chi connectivity index (χ3v) is 6.77. The SMILES string of the molecule is CCC1(c2ccccc2)NC(=O)N(NC(=O)CSc2nc(-c3ccco3)nc3ccccc23)C1=O. The highest BCUT2D eigenvalue weighted by Crippen LogP contribution is 2.32. The zero-order chi connectivity index (χ0) is 24.4. The van der Waals surface area contributed by atoms with Crippen molar-refractivity contribution in [1.29, 1.82) is 0 Å². The molecule has 1 aliphatic heterocycles. The number of hydrazine groups is 1. The third-order valence-electron chi connectivity index (χ3n) is 5.77. The first-order chi connectivity index (χ1) is 17.0. The molecule has 2 N–H and O–H groups in total. The molecule has 0 aliphatic carbocycles. The number of nitrogens with zero attached hydrogens (tertiary/aromatic N) is 3. The van der Waals surface area contributed by atoms with Gasteiger partial charge in [0.2, 0.25) is 5.91 Å². The maximum absolute atomic E-state index is 13.2. The van der Waals surface area contributed by atoms with Crippen LogP contribution in [0.1, 0.15) is 18.9 Å². The first kappa shape index (κ1) is 22.6. The molecule has 2 aromatic heterocycles. The van der Waals surface area contributed by atoms with E-state index in [0.29, 0.717) is 34.1 Å². The summed E-state index contributed by atoms with van der Waals surface area (Å²) in [6, 6.07) is 19.3. The van der Waals surface area contributed by atoms with E-state index in [0.717, 1.165) is 10.4 Å². The minimum Gasteiger partial charge on any atom is -0.461 e. The van der Waals surface area contributed by atoms with Crippen LogP contribution in [0.2, 0.25) is 0 Å². The Morgan fingerprint density at radius 2 is 1.83 bits per heavy atom. The zero-order valence-corrected chi connectivity index (χ0v) is 19.5. The number of furan rings is 1. The third kappa shape index (κ3) is 4.12. The van der Waals surface area contributed by atoms with E-state index < -0.39 is 23.4 Å². The molecule has 1 atom stereocenters. The number of benzene rings is 2. The van der Waals surface area contributed by atoms with Crippen LogP contribution in [0.25, 0.3) is 22.5 Å². The van der Waals surface area contributed by atoms with E-state index in [1.54, 1.807) is 36.4 Å². The molecule has 0 radical (unpaired) electrons. The van der Waals surface area contributed by atoms with Crippen molar-refractivity contribution in [3.8, 4) is 11.6 Å². The molecule has 4 amide bonds. The molecule has 10 heteroatoms. The number of para-hydroxylation sites is 1. The minimum absolute atomic E-state index is 0.0693. The van der Waals surface area contributed by atoms with Crippen molar-refractivity contribution in [2.45, 2.75) is 23.9 Å². The second-order valence-corrected chi connectivity index (χ2v) is 8.83. The Labute approximate surface area is 204 Å². The minimum atomic E-state index is -1.22. The summed E-state index contributed by atoms with van der Waals surface area (Å²) in [5, 5.41) is 4.87. The van der Waals surface area contributed by atoms with Gasteiger partial charge in [-0.1, -0.05) is 67.2 Å². The molecule has 0 saturated carbocycles. The number of urea groups is 1. The quantitative estimate of drug-likeness (QED) is 0.231. The van der Waals surface area contributed by atoms with E-state index in [4.69, 9.17) is 4.42 Å². The van der Waals surface area contributed by atoms with Gasteiger partial charge in [-0.2, -0.15) is 5.01 Å². The largest absolute Gasteiger partial charge is 0.461 e. The smallest absolute Gasteiger partial charge is 0.344 e. The van der Waals surface area contributed by atoms with E-state index >= 15 is 0 Å². The molecule has 4 aromatic rings. The van der Waals surface area contributed by atoms with Crippen LogP contribution < -0.4 is 10.7 Å². The van der Waals surface area contributed by atoms with Gasteiger partial charge in [0.1, 0.15) is 10.6 Å². The lowest BCUT2D eigenvalue weighted by Crippen LogP contribution is -2.49. The highest BCUT2D eigenvalue weighted by atomic mass is 32.2. The highest BCUT2D eigenvalue weighted by Gasteiger charge is 2.52. The van der Waals surface area contributed by atoms with E-state index in [9.17, 15) is 14.4 Å².